The van der Waals surface area contributed by atoms with Crippen LogP contribution in [-0.4, -0.2) is 53.5 Å². The number of aromatic nitrogens is 1. The van der Waals surface area contributed by atoms with Gasteiger partial charge in [0.05, 0.1) is 12.1 Å². The third kappa shape index (κ3) is 3.98. The van der Waals surface area contributed by atoms with Crippen molar-refractivity contribution in [2.75, 3.05) is 31.1 Å². The van der Waals surface area contributed by atoms with E-state index in [9.17, 15) is 18.4 Å². The summed E-state index contributed by atoms with van der Waals surface area (Å²) in [6.07, 6.45) is 3.17. The maximum Gasteiger partial charge on any atom is 0.275 e. The van der Waals surface area contributed by atoms with Crippen molar-refractivity contribution in [2.24, 2.45) is 0 Å². The lowest BCUT2D eigenvalue weighted by atomic mass is 9.92. The molecule has 1 aromatic carbocycles. The standard InChI is InChI=1S/C21H21F2N3O3/c22-15-4-1-5-16(12-15)26-14-21(29-13-18(26)27)7-3-10-25(11-8-21)20(28)19-17(23)6-2-9-24-19/h1-2,4-6,9,12H,3,7-8,10-11,13-14H2. The molecule has 6 nitrogen and oxygen atoms in total. The quantitative estimate of drug-likeness (QED) is 0.777. The summed E-state index contributed by atoms with van der Waals surface area (Å²) in [6.45, 7) is 1.00. The molecule has 1 atom stereocenters. The molecule has 2 aliphatic rings. The van der Waals surface area contributed by atoms with Gasteiger partial charge in [0.15, 0.2) is 11.5 Å². The molecule has 4 rings (SSSR count). The Labute approximate surface area is 167 Å². The topological polar surface area (TPSA) is 62.7 Å². The van der Waals surface area contributed by atoms with Gasteiger partial charge in [-0.2, -0.15) is 0 Å². The van der Waals surface area contributed by atoms with Crippen LogP contribution >= 0.6 is 0 Å². The molecule has 0 bridgehead atoms. The normalized spacial score (nSPS) is 22.6. The molecule has 2 aliphatic heterocycles. The number of benzene rings is 1. The van der Waals surface area contributed by atoms with E-state index in [1.165, 1.54) is 30.5 Å². The lowest BCUT2D eigenvalue weighted by molar-refractivity contribution is -0.140. The Balaban J connectivity index is 1.50. The van der Waals surface area contributed by atoms with Crippen LogP contribution in [0.4, 0.5) is 14.5 Å². The molecule has 0 N–H and O–H groups in total. The molecule has 2 amide bonds. The van der Waals surface area contributed by atoms with E-state index in [0.717, 1.165) is 0 Å². The highest BCUT2D eigenvalue weighted by atomic mass is 19.1. The van der Waals surface area contributed by atoms with Crippen LogP contribution in [0.1, 0.15) is 29.8 Å². The maximum atomic E-state index is 13.9. The summed E-state index contributed by atoms with van der Waals surface area (Å²) >= 11 is 0. The van der Waals surface area contributed by atoms with Crippen LogP contribution in [0, 0.1) is 11.6 Å². The number of hydrogen-bond acceptors (Lipinski definition) is 4. The van der Waals surface area contributed by atoms with E-state index in [4.69, 9.17) is 4.74 Å². The number of carbonyl (C=O) groups is 2. The molecule has 152 valence electrons. The first-order valence-electron chi connectivity index (χ1n) is 9.57. The number of anilines is 1. The van der Waals surface area contributed by atoms with E-state index in [1.54, 1.807) is 21.9 Å². The molecule has 1 aromatic heterocycles. The number of morpholine rings is 1. The Morgan fingerprint density at radius 3 is 2.79 bits per heavy atom. The highest BCUT2D eigenvalue weighted by molar-refractivity contribution is 5.95. The van der Waals surface area contributed by atoms with Crippen LogP contribution in [0.3, 0.4) is 0 Å². The van der Waals surface area contributed by atoms with Crippen LogP contribution < -0.4 is 4.90 Å². The SMILES string of the molecule is O=C(c1ncccc1F)N1CCCC2(CC1)CN(c1cccc(F)c1)C(=O)CO2. The summed E-state index contributed by atoms with van der Waals surface area (Å²) in [5, 5.41) is 0. The van der Waals surface area contributed by atoms with Crippen LogP contribution in [0.15, 0.2) is 42.6 Å². The van der Waals surface area contributed by atoms with Gasteiger partial charge in [-0.25, -0.2) is 13.8 Å². The molecule has 29 heavy (non-hydrogen) atoms. The molecule has 1 unspecified atom stereocenters. The minimum Gasteiger partial charge on any atom is -0.363 e. The van der Waals surface area contributed by atoms with Crippen LogP contribution in [0.25, 0.3) is 0 Å². The molecule has 2 aromatic rings. The van der Waals surface area contributed by atoms with Gasteiger partial charge in [-0.1, -0.05) is 6.07 Å². The average molecular weight is 401 g/mol. The fourth-order valence-electron chi connectivity index (χ4n) is 3.96. The minimum atomic E-state index is -0.645. The van der Waals surface area contributed by atoms with Crippen molar-refractivity contribution in [3.05, 3.63) is 59.9 Å². The van der Waals surface area contributed by atoms with E-state index in [2.05, 4.69) is 4.98 Å². The van der Waals surface area contributed by atoms with Crippen LogP contribution in [-0.2, 0) is 9.53 Å². The summed E-state index contributed by atoms with van der Waals surface area (Å²) in [5.74, 6) is -1.73. The molecule has 2 saturated heterocycles. The molecule has 1 spiro atoms. The van der Waals surface area contributed by atoms with Gasteiger partial charge in [0.2, 0.25) is 0 Å². The zero-order valence-electron chi connectivity index (χ0n) is 15.8. The lowest BCUT2D eigenvalue weighted by Crippen LogP contribution is -2.55. The summed E-state index contributed by atoms with van der Waals surface area (Å²) in [6, 6.07) is 8.57. The monoisotopic (exact) mass is 401 g/mol. The van der Waals surface area contributed by atoms with Crippen molar-refractivity contribution in [1.29, 1.82) is 0 Å². The van der Waals surface area contributed by atoms with Crippen molar-refractivity contribution in [3.63, 3.8) is 0 Å². The molecule has 8 heteroatoms. The molecule has 2 fully saturated rings. The third-order valence-electron chi connectivity index (χ3n) is 5.52. The number of carbonyl (C=O) groups excluding carboxylic acids is 2. The lowest BCUT2D eigenvalue weighted by Gasteiger charge is -2.42. The second-order valence-corrected chi connectivity index (χ2v) is 7.41. The maximum absolute atomic E-state index is 13.9. The van der Waals surface area contributed by atoms with E-state index >= 15 is 0 Å². The van der Waals surface area contributed by atoms with Gasteiger partial charge < -0.3 is 14.5 Å². The zero-order valence-corrected chi connectivity index (χ0v) is 15.8. The van der Waals surface area contributed by atoms with Gasteiger partial charge in [-0.05, 0) is 49.6 Å². The summed E-state index contributed by atoms with van der Waals surface area (Å²) in [5.41, 5.74) is -0.326. The number of amides is 2. The molecule has 0 aliphatic carbocycles. The number of halogens is 2. The first-order chi connectivity index (χ1) is 14.0. The molecular weight excluding hydrogens is 380 g/mol. The summed E-state index contributed by atoms with van der Waals surface area (Å²) < 4.78 is 33.5. The van der Waals surface area contributed by atoms with Crippen LogP contribution in [0.5, 0.6) is 0 Å². The predicted octanol–water partition coefficient (Wildman–Crippen LogP) is 2.79. The van der Waals surface area contributed by atoms with Crippen molar-refractivity contribution >= 4 is 17.5 Å². The number of rotatable bonds is 2. The number of ether oxygens (including phenoxy) is 1. The molecule has 0 radical (unpaired) electrons. The Morgan fingerprint density at radius 2 is 2.00 bits per heavy atom. The number of pyridine rings is 1. The Morgan fingerprint density at radius 1 is 1.14 bits per heavy atom. The summed E-state index contributed by atoms with van der Waals surface area (Å²) in [7, 11) is 0. The predicted molar refractivity (Wildman–Crippen MR) is 101 cm³/mol. The van der Waals surface area contributed by atoms with E-state index in [0.29, 0.717) is 38.0 Å². The second-order valence-electron chi connectivity index (χ2n) is 7.41. The largest absolute Gasteiger partial charge is 0.363 e. The molecule has 0 saturated carbocycles. The Hall–Kier alpha value is -2.87. The smallest absolute Gasteiger partial charge is 0.275 e. The number of nitrogens with zero attached hydrogens (tertiary/aromatic N) is 3. The Kier molecular flexibility index (Phi) is 5.27. The second kappa shape index (κ2) is 7.87. The highest BCUT2D eigenvalue weighted by Gasteiger charge is 2.42. The van der Waals surface area contributed by atoms with E-state index in [1.807, 2.05) is 0 Å². The zero-order chi connectivity index (χ0) is 20.4. The molecular formula is C21H21F2N3O3. The number of likely N-dealkylation sites (tertiary alicyclic amines) is 1. The van der Waals surface area contributed by atoms with E-state index in [-0.39, 0.29) is 24.8 Å². The Bertz CT molecular complexity index is 939. The number of hydrogen-bond donors (Lipinski definition) is 0. The van der Waals surface area contributed by atoms with Crippen LogP contribution in [0.2, 0.25) is 0 Å². The summed E-state index contributed by atoms with van der Waals surface area (Å²) in [4.78, 5) is 32.1. The van der Waals surface area contributed by atoms with Gasteiger partial charge >= 0.3 is 0 Å². The average Bonchev–Trinajstić information content (AvgIpc) is 2.93. The fraction of sp³-hybridized carbons (Fsp3) is 0.381. The van der Waals surface area contributed by atoms with Crippen molar-refractivity contribution in [1.82, 2.24) is 9.88 Å². The van der Waals surface area contributed by atoms with Crippen molar-refractivity contribution < 1.29 is 23.1 Å². The van der Waals surface area contributed by atoms with Crippen molar-refractivity contribution in [3.8, 4) is 0 Å². The van der Waals surface area contributed by atoms with Gasteiger partial charge in [0.1, 0.15) is 12.4 Å². The first kappa shape index (κ1) is 19.4. The fourth-order valence-corrected chi connectivity index (χ4v) is 3.96. The van der Waals surface area contributed by atoms with Gasteiger partial charge in [-0.3, -0.25) is 9.59 Å². The van der Waals surface area contributed by atoms with Gasteiger partial charge in [0, 0.05) is 25.0 Å². The highest BCUT2D eigenvalue weighted by Crippen LogP contribution is 2.33. The van der Waals surface area contributed by atoms with Crippen molar-refractivity contribution in [2.45, 2.75) is 24.9 Å². The molecule has 3 heterocycles. The van der Waals surface area contributed by atoms with E-state index < -0.39 is 23.1 Å². The first-order valence-corrected chi connectivity index (χ1v) is 9.57. The van der Waals surface area contributed by atoms with Gasteiger partial charge in [0.25, 0.3) is 11.8 Å². The minimum absolute atomic E-state index is 0.0979. The van der Waals surface area contributed by atoms with Gasteiger partial charge in [-0.15, -0.1) is 0 Å². The third-order valence-corrected chi connectivity index (χ3v) is 5.52.